The van der Waals surface area contributed by atoms with Gasteiger partial charge in [-0.2, -0.15) is 0 Å². The zero-order valence-electron chi connectivity index (χ0n) is 10.8. The number of benzene rings is 1. The maximum atomic E-state index is 12.2. The van der Waals surface area contributed by atoms with Gasteiger partial charge in [-0.3, -0.25) is 4.79 Å². The topological polar surface area (TPSA) is 82.2 Å². The Bertz CT molecular complexity index is 616. The molecule has 100 valence electrons. The highest BCUT2D eigenvalue weighted by atomic mass is 16.4. The lowest BCUT2D eigenvalue weighted by molar-refractivity contribution is -0.140. The van der Waals surface area contributed by atoms with Crippen LogP contribution in [0.5, 0.6) is 0 Å². The van der Waals surface area contributed by atoms with Crippen LogP contribution >= 0.6 is 0 Å². The monoisotopic (exact) mass is 260 g/mol. The third kappa shape index (κ3) is 2.59. The van der Waals surface area contributed by atoms with Crippen molar-refractivity contribution in [3.05, 3.63) is 36.0 Å². The van der Waals surface area contributed by atoms with Crippen molar-refractivity contribution in [2.75, 3.05) is 0 Å². The zero-order valence-corrected chi connectivity index (χ0v) is 10.8. The van der Waals surface area contributed by atoms with Crippen LogP contribution in [0.25, 0.3) is 10.9 Å². The maximum absolute atomic E-state index is 12.2. The van der Waals surface area contributed by atoms with Gasteiger partial charge in [0.25, 0.3) is 5.91 Å². The number of carboxylic acids is 1. The van der Waals surface area contributed by atoms with Crippen molar-refractivity contribution in [3.63, 3.8) is 0 Å². The summed E-state index contributed by atoms with van der Waals surface area (Å²) in [6.07, 6.45) is 1.75. The number of hydrogen-bond donors (Lipinski definition) is 3. The maximum Gasteiger partial charge on any atom is 0.326 e. The van der Waals surface area contributed by atoms with Crippen LogP contribution in [-0.2, 0) is 4.79 Å². The zero-order chi connectivity index (χ0) is 14.0. The Hall–Kier alpha value is -2.30. The van der Waals surface area contributed by atoms with E-state index in [4.69, 9.17) is 5.11 Å². The number of rotatable bonds is 4. The minimum Gasteiger partial charge on any atom is -0.480 e. The highest BCUT2D eigenvalue weighted by Crippen LogP contribution is 2.17. The predicted molar refractivity (Wildman–Crippen MR) is 72.0 cm³/mol. The summed E-state index contributed by atoms with van der Waals surface area (Å²) in [5.41, 5.74) is 1.17. The molecule has 0 aliphatic heterocycles. The van der Waals surface area contributed by atoms with E-state index in [9.17, 15) is 9.59 Å². The van der Waals surface area contributed by atoms with Gasteiger partial charge in [0.2, 0.25) is 0 Å². The lowest BCUT2D eigenvalue weighted by atomic mass is 10.0. The van der Waals surface area contributed by atoms with Crippen molar-refractivity contribution >= 4 is 22.8 Å². The standard InChI is InChI=1S/C14H16N2O3/c1-8(2)11(14(18)19)16-13(17)10-5-3-4-9-6-7-15-12(9)10/h3-8,11,15H,1-2H3,(H,16,17)(H,18,19). The summed E-state index contributed by atoms with van der Waals surface area (Å²) in [5, 5.41) is 12.6. The largest absolute Gasteiger partial charge is 0.480 e. The smallest absolute Gasteiger partial charge is 0.326 e. The molecule has 19 heavy (non-hydrogen) atoms. The second kappa shape index (κ2) is 5.14. The molecule has 5 heteroatoms. The van der Waals surface area contributed by atoms with E-state index >= 15 is 0 Å². The minimum atomic E-state index is -1.03. The van der Waals surface area contributed by atoms with Gasteiger partial charge in [-0.1, -0.05) is 26.0 Å². The molecular weight excluding hydrogens is 244 g/mol. The van der Waals surface area contributed by atoms with E-state index in [1.807, 2.05) is 12.1 Å². The molecule has 0 radical (unpaired) electrons. The van der Waals surface area contributed by atoms with Crippen molar-refractivity contribution < 1.29 is 14.7 Å². The molecule has 3 N–H and O–H groups in total. The highest BCUT2D eigenvalue weighted by Gasteiger charge is 2.24. The number of amides is 1. The normalized spacial score (nSPS) is 12.6. The van der Waals surface area contributed by atoms with E-state index in [0.717, 1.165) is 5.39 Å². The van der Waals surface area contributed by atoms with E-state index in [2.05, 4.69) is 10.3 Å². The molecule has 0 saturated carbocycles. The summed E-state index contributed by atoms with van der Waals surface area (Å²) in [6.45, 7) is 3.52. The fourth-order valence-electron chi connectivity index (χ4n) is 2.01. The van der Waals surface area contributed by atoms with Gasteiger partial charge in [0.05, 0.1) is 11.1 Å². The van der Waals surface area contributed by atoms with Crippen molar-refractivity contribution in [1.29, 1.82) is 0 Å². The van der Waals surface area contributed by atoms with E-state index in [0.29, 0.717) is 11.1 Å². The molecule has 2 aromatic rings. The van der Waals surface area contributed by atoms with Crippen LogP contribution in [0.2, 0.25) is 0 Å². The van der Waals surface area contributed by atoms with Crippen molar-refractivity contribution in [2.45, 2.75) is 19.9 Å². The average molecular weight is 260 g/mol. The molecule has 1 aromatic heterocycles. The van der Waals surface area contributed by atoms with Gasteiger partial charge in [0, 0.05) is 11.6 Å². The van der Waals surface area contributed by atoms with Crippen LogP contribution in [0.3, 0.4) is 0 Å². The van der Waals surface area contributed by atoms with Crippen LogP contribution in [0.4, 0.5) is 0 Å². The number of nitrogens with one attached hydrogen (secondary N) is 2. The first-order valence-corrected chi connectivity index (χ1v) is 6.10. The molecule has 0 spiro atoms. The molecule has 0 aliphatic carbocycles. The molecule has 5 nitrogen and oxygen atoms in total. The average Bonchev–Trinajstić information content (AvgIpc) is 2.82. The fourth-order valence-corrected chi connectivity index (χ4v) is 2.01. The molecule has 2 rings (SSSR count). The molecular formula is C14H16N2O3. The van der Waals surface area contributed by atoms with Gasteiger partial charge in [0.15, 0.2) is 0 Å². The summed E-state index contributed by atoms with van der Waals surface area (Å²) in [4.78, 5) is 26.3. The number of carbonyl (C=O) groups is 2. The third-order valence-electron chi connectivity index (χ3n) is 3.05. The van der Waals surface area contributed by atoms with E-state index in [-0.39, 0.29) is 11.8 Å². The SMILES string of the molecule is CC(C)C(NC(=O)c1cccc2cc[nH]c12)C(=O)O. The van der Waals surface area contributed by atoms with E-state index in [1.165, 1.54) is 0 Å². The van der Waals surface area contributed by atoms with Crippen molar-refractivity contribution in [3.8, 4) is 0 Å². The van der Waals surface area contributed by atoms with Crippen molar-refractivity contribution in [1.82, 2.24) is 10.3 Å². The molecule has 1 aromatic carbocycles. The number of para-hydroxylation sites is 1. The van der Waals surface area contributed by atoms with Gasteiger partial charge in [-0.05, 0) is 18.1 Å². The number of carboxylic acid groups (broad SMARTS) is 1. The molecule has 0 saturated heterocycles. The molecule has 1 atom stereocenters. The Kier molecular flexibility index (Phi) is 3.55. The Morgan fingerprint density at radius 3 is 2.63 bits per heavy atom. The quantitative estimate of drug-likeness (QED) is 0.786. The number of hydrogen-bond acceptors (Lipinski definition) is 2. The number of aromatic nitrogens is 1. The highest BCUT2D eigenvalue weighted by molar-refractivity contribution is 6.06. The summed E-state index contributed by atoms with van der Waals surface area (Å²) in [7, 11) is 0. The van der Waals surface area contributed by atoms with Crippen molar-refractivity contribution in [2.24, 2.45) is 5.92 Å². The first-order chi connectivity index (χ1) is 9.00. The Labute approximate surface area is 110 Å². The summed E-state index contributed by atoms with van der Waals surface area (Å²) >= 11 is 0. The fraction of sp³-hybridized carbons (Fsp3) is 0.286. The van der Waals surface area contributed by atoms with Crippen LogP contribution in [0.1, 0.15) is 24.2 Å². The van der Waals surface area contributed by atoms with Gasteiger partial charge < -0.3 is 15.4 Å². The van der Waals surface area contributed by atoms with E-state index < -0.39 is 12.0 Å². The number of aromatic amines is 1. The summed E-state index contributed by atoms with van der Waals surface area (Å²) in [6, 6.07) is 6.31. The molecule has 1 amide bonds. The van der Waals surface area contributed by atoms with Crippen LogP contribution in [0, 0.1) is 5.92 Å². The summed E-state index contributed by atoms with van der Waals surface area (Å²) in [5.74, 6) is -1.58. The molecule has 0 aliphatic rings. The van der Waals surface area contributed by atoms with Crippen LogP contribution in [-0.4, -0.2) is 28.0 Å². The Morgan fingerprint density at radius 1 is 1.26 bits per heavy atom. The number of H-pyrrole nitrogens is 1. The third-order valence-corrected chi connectivity index (χ3v) is 3.05. The second-order valence-electron chi connectivity index (χ2n) is 4.78. The summed E-state index contributed by atoms with van der Waals surface area (Å²) < 4.78 is 0. The van der Waals surface area contributed by atoms with Gasteiger partial charge in [-0.25, -0.2) is 4.79 Å². The molecule has 0 fully saturated rings. The van der Waals surface area contributed by atoms with Crippen LogP contribution < -0.4 is 5.32 Å². The second-order valence-corrected chi connectivity index (χ2v) is 4.78. The minimum absolute atomic E-state index is 0.177. The predicted octanol–water partition coefficient (Wildman–Crippen LogP) is 2.01. The van der Waals surface area contributed by atoms with Gasteiger partial charge in [0.1, 0.15) is 6.04 Å². The Morgan fingerprint density at radius 2 is 2.00 bits per heavy atom. The van der Waals surface area contributed by atoms with Gasteiger partial charge in [-0.15, -0.1) is 0 Å². The first-order valence-electron chi connectivity index (χ1n) is 6.10. The first kappa shape index (κ1) is 13.1. The number of carbonyl (C=O) groups excluding carboxylic acids is 1. The van der Waals surface area contributed by atoms with Crippen LogP contribution in [0.15, 0.2) is 30.5 Å². The van der Waals surface area contributed by atoms with E-state index in [1.54, 1.807) is 32.2 Å². The lowest BCUT2D eigenvalue weighted by Crippen LogP contribution is -2.44. The molecule has 1 unspecified atom stereocenters. The lowest BCUT2D eigenvalue weighted by Gasteiger charge is -2.18. The number of fused-ring (bicyclic) bond motifs is 1. The van der Waals surface area contributed by atoms with Gasteiger partial charge >= 0.3 is 5.97 Å². The molecule has 0 bridgehead atoms. The Balaban J connectivity index is 2.29. The molecule has 1 heterocycles. The number of aliphatic carboxylic acids is 1.